The molecule has 0 saturated carbocycles. The summed E-state index contributed by atoms with van der Waals surface area (Å²) in [5.74, 6) is -0.511. The Morgan fingerprint density at radius 1 is 0.960 bits per heavy atom. The average Bonchev–Trinajstić information content (AvgIpc) is 2.67. The topological polar surface area (TPSA) is 33.2 Å². The predicted octanol–water partition coefficient (Wildman–Crippen LogP) is 4.80. The summed E-state index contributed by atoms with van der Waals surface area (Å²) in [6.45, 7) is 0. The van der Waals surface area contributed by atoms with Gasteiger partial charge in [-0.2, -0.15) is 0 Å². The number of aromatic nitrogens is 1. The van der Waals surface area contributed by atoms with Gasteiger partial charge in [-0.25, -0.2) is 4.39 Å². The van der Waals surface area contributed by atoms with E-state index in [9.17, 15) is 9.18 Å². The Labute approximate surface area is 144 Å². The van der Waals surface area contributed by atoms with Crippen LogP contribution in [0.15, 0.2) is 72.9 Å². The highest BCUT2D eigenvalue weighted by Gasteiger charge is 2.18. The highest BCUT2D eigenvalue weighted by Crippen LogP contribution is 2.28. The first-order chi connectivity index (χ1) is 12.1. The number of fused-ring (bicyclic) bond motifs is 3. The molecule has 0 bridgehead atoms. The third-order valence-corrected chi connectivity index (χ3v) is 4.36. The van der Waals surface area contributed by atoms with Crippen molar-refractivity contribution in [2.45, 2.75) is 0 Å². The summed E-state index contributed by atoms with van der Waals surface area (Å²) in [6.07, 6.45) is 1.69. The summed E-state index contributed by atoms with van der Waals surface area (Å²) < 4.78 is 13.1. The molecular formula is C21H15FN2O. The minimum absolute atomic E-state index is 0.180. The van der Waals surface area contributed by atoms with Crippen molar-refractivity contribution >= 4 is 33.3 Å². The van der Waals surface area contributed by atoms with Gasteiger partial charge in [0.15, 0.2) is 0 Å². The van der Waals surface area contributed by atoms with Gasteiger partial charge in [0, 0.05) is 24.3 Å². The molecule has 0 saturated heterocycles. The van der Waals surface area contributed by atoms with Crippen LogP contribution in [0.1, 0.15) is 10.4 Å². The van der Waals surface area contributed by atoms with Gasteiger partial charge in [-0.05, 0) is 47.2 Å². The smallest absolute Gasteiger partial charge is 0.260 e. The van der Waals surface area contributed by atoms with E-state index in [0.29, 0.717) is 16.8 Å². The quantitative estimate of drug-likeness (QED) is 0.494. The van der Waals surface area contributed by atoms with Gasteiger partial charge in [0.05, 0.1) is 11.1 Å². The molecular weight excluding hydrogens is 315 g/mol. The third kappa shape index (κ3) is 2.62. The molecule has 0 fully saturated rings. The van der Waals surface area contributed by atoms with E-state index in [0.717, 1.165) is 16.2 Å². The van der Waals surface area contributed by atoms with E-state index < -0.39 is 0 Å². The molecule has 4 heteroatoms. The Balaban J connectivity index is 1.89. The van der Waals surface area contributed by atoms with Gasteiger partial charge in [-0.15, -0.1) is 0 Å². The number of nitrogens with zero attached hydrogens (tertiary/aromatic N) is 2. The van der Waals surface area contributed by atoms with E-state index in [-0.39, 0.29) is 11.7 Å². The maximum Gasteiger partial charge on any atom is 0.260 e. The molecule has 0 atom stereocenters. The van der Waals surface area contributed by atoms with E-state index in [1.165, 1.54) is 17.0 Å². The predicted molar refractivity (Wildman–Crippen MR) is 98.4 cm³/mol. The first kappa shape index (κ1) is 15.3. The van der Waals surface area contributed by atoms with E-state index in [1.807, 2.05) is 42.5 Å². The van der Waals surface area contributed by atoms with E-state index >= 15 is 0 Å². The lowest BCUT2D eigenvalue weighted by Gasteiger charge is -2.19. The van der Waals surface area contributed by atoms with Gasteiger partial charge >= 0.3 is 0 Å². The molecule has 0 aliphatic heterocycles. The summed E-state index contributed by atoms with van der Waals surface area (Å²) in [7, 11) is 1.68. The molecule has 25 heavy (non-hydrogen) atoms. The molecule has 3 aromatic carbocycles. The fraction of sp³-hybridized carbons (Fsp3) is 0.0476. The number of halogens is 1. The lowest BCUT2D eigenvalue weighted by molar-refractivity contribution is 0.0994. The standard InChI is InChI=1S/C21H15FN2O/c1-24(16-10-8-15(22)9-11-16)21(25)19-13-14-5-2-3-6-17(14)18-7-4-12-23-20(18)19/h2-13H,1H3. The molecule has 0 aliphatic carbocycles. The van der Waals surface area contributed by atoms with Gasteiger partial charge in [0.1, 0.15) is 5.82 Å². The first-order valence-electron chi connectivity index (χ1n) is 7.95. The summed E-state index contributed by atoms with van der Waals surface area (Å²) in [5, 5.41) is 2.99. The minimum Gasteiger partial charge on any atom is -0.311 e. The van der Waals surface area contributed by atoms with Crippen LogP contribution in [0, 0.1) is 5.82 Å². The Hall–Kier alpha value is -3.27. The van der Waals surface area contributed by atoms with E-state index in [2.05, 4.69) is 4.98 Å². The lowest BCUT2D eigenvalue weighted by Crippen LogP contribution is -2.26. The summed E-state index contributed by atoms with van der Waals surface area (Å²) >= 11 is 0. The number of anilines is 1. The summed E-state index contributed by atoms with van der Waals surface area (Å²) in [6, 6.07) is 19.5. The van der Waals surface area contributed by atoms with E-state index in [4.69, 9.17) is 0 Å². The van der Waals surface area contributed by atoms with Crippen LogP contribution >= 0.6 is 0 Å². The van der Waals surface area contributed by atoms with Crippen molar-refractivity contribution in [1.29, 1.82) is 0 Å². The second-order valence-corrected chi connectivity index (χ2v) is 5.89. The Bertz CT molecular complexity index is 1090. The molecule has 0 unspecified atom stereocenters. The van der Waals surface area contributed by atoms with Crippen molar-refractivity contribution in [2.75, 3.05) is 11.9 Å². The van der Waals surface area contributed by atoms with Crippen LogP contribution in [-0.2, 0) is 0 Å². The molecule has 1 amide bonds. The van der Waals surface area contributed by atoms with Crippen LogP contribution in [-0.4, -0.2) is 17.9 Å². The number of amides is 1. The number of hydrogen-bond donors (Lipinski definition) is 0. The number of benzene rings is 3. The van der Waals surface area contributed by atoms with Crippen molar-refractivity contribution in [3.63, 3.8) is 0 Å². The van der Waals surface area contributed by atoms with Crippen LogP contribution in [0.4, 0.5) is 10.1 Å². The average molecular weight is 330 g/mol. The fourth-order valence-electron chi connectivity index (χ4n) is 3.05. The molecule has 4 aromatic rings. The normalized spacial score (nSPS) is 11.0. The van der Waals surface area contributed by atoms with Crippen molar-refractivity contribution in [3.05, 3.63) is 84.3 Å². The van der Waals surface area contributed by atoms with Gasteiger partial charge in [0.2, 0.25) is 0 Å². The van der Waals surface area contributed by atoms with Crippen LogP contribution in [0.25, 0.3) is 21.7 Å². The molecule has 0 radical (unpaired) electrons. The maximum absolute atomic E-state index is 13.1. The number of rotatable bonds is 2. The zero-order chi connectivity index (χ0) is 17.4. The zero-order valence-electron chi connectivity index (χ0n) is 13.6. The van der Waals surface area contributed by atoms with Crippen LogP contribution < -0.4 is 4.90 Å². The fourth-order valence-corrected chi connectivity index (χ4v) is 3.05. The molecule has 4 rings (SSSR count). The van der Waals surface area contributed by atoms with Gasteiger partial charge in [0.25, 0.3) is 5.91 Å². The number of pyridine rings is 1. The summed E-state index contributed by atoms with van der Waals surface area (Å²) in [5.41, 5.74) is 1.82. The molecule has 0 N–H and O–H groups in total. The van der Waals surface area contributed by atoms with Gasteiger partial charge < -0.3 is 4.90 Å². The van der Waals surface area contributed by atoms with Crippen LogP contribution in [0.2, 0.25) is 0 Å². The molecule has 122 valence electrons. The molecule has 1 heterocycles. The zero-order valence-corrected chi connectivity index (χ0v) is 13.6. The van der Waals surface area contributed by atoms with Gasteiger partial charge in [-0.3, -0.25) is 9.78 Å². The van der Waals surface area contributed by atoms with Crippen LogP contribution in [0.3, 0.4) is 0 Å². The monoisotopic (exact) mass is 330 g/mol. The molecule has 1 aromatic heterocycles. The van der Waals surface area contributed by atoms with Gasteiger partial charge in [-0.1, -0.05) is 30.3 Å². The van der Waals surface area contributed by atoms with Crippen molar-refractivity contribution in [2.24, 2.45) is 0 Å². The lowest BCUT2D eigenvalue weighted by atomic mass is 10.00. The summed E-state index contributed by atoms with van der Waals surface area (Å²) in [4.78, 5) is 19.0. The third-order valence-electron chi connectivity index (χ3n) is 4.36. The minimum atomic E-state index is -0.331. The second kappa shape index (κ2) is 5.98. The van der Waals surface area contributed by atoms with Crippen molar-refractivity contribution in [3.8, 4) is 0 Å². The second-order valence-electron chi connectivity index (χ2n) is 5.89. The highest BCUT2D eigenvalue weighted by molar-refractivity contribution is 6.19. The maximum atomic E-state index is 13.1. The molecule has 3 nitrogen and oxygen atoms in total. The Kier molecular flexibility index (Phi) is 3.65. The SMILES string of the molecule is CN(C(=O)c1cc2ccccc2c2cccnc12)c1ccc(F)cc1. The van der Waals surface area contributed by atoms with Crippen molar-refractivity contribution < 1.29 is 9.18 Å². The highest BCUT2D eigenvalue weighted by atomic mass is 19.1. The Morgan fingerprint density at radius 2 is 1.68 bits per heavy atom. The van der Waals surface area contributed by atoms with Crippen molar-refractivity contribution in [1.82, 2.24) is 4.98 Å². The molecule has 0 aliphatic rings. The number of carbonyl (C=O) groups is 1. The largest absolute Gasteiger partial charge is 0.311 e. The van der Waals surface area contributed by atoms with E-state index in [1.54, 1.807) is 25.4 Å². The van der Waals surface area contributed by atoms with Crippen LogP contribution in [0.5, 0.6) is 0 Å². The Morgan fingerprint density at radius 3 is 2.48 bits per heavy atom. The molecule has 0 spiro atoms. The first-order valence-corrected chi connectivity index (χ1v) is 7.95. The number of carbonyl (C=O) groups excluding carboxylic acids is 1. The number of hydrogen-bond acceptors (Lipinski definition) is 2.